The first-order valence-electron chi connectivity index (χ1n) is 4.55. The van der Waals surface area contributed by atoms with Crippen LogP contribution in [0.1, 0.15) is 29.2 Å². The predicted octanol–water partition coefficient (Wildman–Crippen LogP) is 1.76. The molecule has 1 aliphatic carbocycles. The molecular weight excluding hydrogens is 160 g/mol. The summed E-state index contributed by atoms with van der Waals surface area (Å²) in [7, 11) is 1.98. The molecule has 66 valence electrons. The third kappa shape index (κ3) is 1.32. The van der Waals surface area contributed by atoms with Gasteiger partial charge in [-0.1, -0.05) is 6.07 Å². The Morgan fingerprint density at radius 3 is 3.08 bits per heavy atom. The number of fused-ring (bicyclic) bond motifs is 1. The largest absolute Gasteiger partial charge is 0.313 e. The van der Waals surface area contributed by atoms with E-state index in [0.717, 1.165) is 18.4 Å². The fourth-order valence-electron chi connectivity index (χ4n) is 1.99. The Hall–Kier alpha value is -1.33. The average molecular weight is 172 g/mol. The highest BCUT2D eigenvalue weighted by molar-refractivity contribution is 5.42. The number of nitrogens with one attached hydrogen (secondary N) is 1. The number of nitriles is 1. The van der Waals surface area contributed by atoms with Crippen molar-refractivity contribution in [2.45, 2.75) is 18.9 Å². The van der Waals surface area contributed by atoms with Gasteiger partial charge in [0.15, 0.2) is 0 Å². The van der Waals surface area contributed by atoms with Crippen LogP contribution < -0.4 is 5.32 Å². The molecule has 0 bridgehead atoms. The zero-order chi connectivity index (χ0) is 9.26. The summed E-state index contributed by atoms with van der Waals surface area (Å²) in [4.78, 5) is 0. The molecule has 13 heavy (non-hydrogen) atoms. The van der Waals surface area contributed by atoms with Gasteiger partial charge in [0, 0.05) is 6.04 Å². The molecule has 0 aromatic heterocycles. The average Bonchev–Trinajstić information content (AvgIpc) is 2.59. The molecule has 0 saturated carbocycles. The van der Waals surface area contributed by atoms with Crippen molar-refractivity contribution < 1.29 is 0 Å². The van der Waals surface area contributed by atoms with Crippen molar-refractivity contribution >= 4 is 0 Å². The zero-order valence-corrected chi connectivity index (χ0v) is 7.67. The summed E-state index contributed by atoms with van der Waals surface area (Å²) in [5, 5.41) is 12.0. The topological polar surface area (TPSA) is 35.8 Å². The van der Waals surface area contributed by atoms with Crippen LogP contribution in [0, 0.1) is 11.3 Å². The summed E-state index contributed by atoms with van der Waals surface area (Å²) in [5.74, 6) is 0. The minimum absolute atomic E-state index is 0.489. The highest BCUT2D eigenvalue weighted by Crippen LogP contribution is 2.30. The van der Waals surface area contributed by atoms with Gasteiger partial charge in [-0.15, -0.1) is 0 Å². The standard InChI is InChI=1S/C11H12N2/c1-13-11-5-3-9-6-8(7-12)2-4-10(9)11/h2,4,6,11,13H,3,5H2,1H3. The number of benzene rings is 1. The lowest BCUT2D eigenvalue weighted by atomic mass is 10.1. The minimum atomic E-state index is 0.489. The molecule has 1 aromatic carbocycles. The first kappa shape index (κ1) is 8.28. The fraction of sp³-hybridized carbons (Fsp3) is 0.364. The second-order valence-corrected chi connectivity index (χ2v) is 3.41. The van der Waals surface area contributed by atoms with Crippen molar-refractivity contribution in [1.82, 2.24) is 5.32 Å². The van der Waals surface area contributed by atoms with Crippen molar-refractivity contribution in [3.05, 3.63) is 34.9 Å². The normalized spacial score (nSPS) is 19.5. The molecule has 0 amide bonds. The van der Waals surface area contributed by atoms with Crippen molar-refractivity contribution in [3.63, 3.8) is 0 Å². The summed E-state index contributed by atoms with van der Waals surface area (Å²) in [6.07, 6.45) is 2.25. The second kappa shape index (κ2) is 3.20. The van der Waals surface area contributed by atoms with Crippen LogP contribution in [0.25, 0.3) is 0 Å². The van der Waals surface area contributed by atoms with Crippen molar-refractivity contribution in [2.24, 2.45) is 0 Å². The lowest BCUT2D eigenvalue weighted by Gasteiger charge is -2.09. The molecule has 0 fully saturated rings. The highest BCUT2D eigenvalue weighted by atomic mass is 14.9. The van der Waals surface area contributed by atoms with E-state index in [1.54, 1.807) is 0 Å². The Balaban J connectivity index is 2.41. The van der Waals surface area contributed by atoms with Crippen LogP contribution in [0.15, 0.2) is 18.2 Å². The predicted molar refractivity (Wildman–Crippen MR) is 51.3 cm³/mol. The zero-order valence-electron chi connectivity index (χ0n) is 7.67. The number of hydrogen-bond acceptors (Lipinski definition) is 2. The molecule has 0 radical (unpaired) electrons. The van der Waals surface area contributed by atoms with E-state index in [1.807, 2.05) is 19.2 Å². The molecule has 1 aliphatic rings. The van der Waals surface area contributed by atoms with E-state index in [9.17, 15) is 0 Å². The maximum Gasteiger partial charge on any atom is 0.0991 e. The summed E-state index contributed by atoms with van der Waals surface area (Å²) in [6, 6.07) is 8.63. The first-order chi connectivity index (χ1) is 6.35. The molecule has 1 N–H and O–H groups in total. The summed E-state index contributed by atoms with van der Waals surface area (Å²) < 4.78 is 0. The van der Waals surface area contributed by atoms with Crippen molar-refractivity contribution in [2.75, 3.05) is 7.05 Å². The van der Waals surface area contributed by atoms with Crippen LogP contribution in [-0.2, 0) is 6.42 Å². The molecule has 1 aromatic rings. The third-order valence-corrected chi connectivity index (χ3v) is 2.70. The van der Waals surface area contributed by atoms with Gasteiger partial charge in [-0.25, -0.2) is 0 Å². The summed E-state index contributed by atoms with van der Waals surface area (Å²) >= 11 is 0. The van der Waals surface area contributed by atoms with Crippen LogP contribution in [-0.4, -0.2) is 7.05 Å². The highest BCUT2D eigenvalue weighted by Gasteiger charge is 2.20. The molecule has 0 heterocycles. The van der Waals surface area contributed by atoms with E-state index in [-0.39, 0.29) is 0 Å². The maximum absolute atomic E-state index is 8.73. The van der Waals surface area contributed by atoms with Gasteiger partial charge in [0.1, 0.15) is 0 Å². The van der Waals surface area contributed by atoms with Crippen molar-refractivity contribution in [1.29, 1.82) is 5.26 Å². The van der Waals surface area contributed by atoms with Crippen LogP contribution in [0.3, 0.4) is 0 Å². The number of rotatable bonds is 1. The molecule has 2 nitrogen and oxygen atoms in total. The Labute approximate surface area is 78.2 Å². The quantitative estimate of drug-likeness (QED) is 0.700. The van der Waals surface area contributed by atoms with Crippen molar-refractivity contribution in [3.8, 4) is 6.07 Å². The van der Waals surface area contributed by atoms with E-state index >= 15 is 0 Å². The fourth-order valence-corrected chi connectivity index (χ4v) is 1.99. The van der Waals surface area contributed by atoms with Gasteiger partial charge in [-0.2, -0.15) is 5.26 Å². The maximum atomic E-state index is 8.73. The SMILES string of the molecule is CNC1CCc2cc(C#N)ccc21. The van der Waals surface area contributed by atoms with E-state index in [4.69, 9.17) is 5.26 Å². The van der Waals surface area contributed by atoms with Gasteiger partial charge in [-0.3, -0.25) is 0 Å². The molecule has 2 rings (SSSR count). The van der Waals surface area contributed by atoms with E-state index < -0.39 is 0 Å². The van der Waals surface area contributed by atoms with E-state index in [2.05, 4.69) is 17.5 Å². The Bertz CT molecular complexity index is 363. The molecule has 1 unspecified atom stereocenters. The first-order valence-corrected chi connectivity index (χ1v) is 4.55. The van der Waals surface area contributed by atoms with Crippen LogP contribution in [0.5, 0.6) is 0 Å². The smallest absolute Gasteiger partial charge is 0.0991 e. The summed E-state index contributed by atoms with van der Waals surface area (Å²) in [5.41, 5.74) is 3.47. The van der Waals surface area contributed by atoms with Gasteiger partial charge in [-0.05, 0) is 43.1 Å². The molecule has 2 heteroatoms. The molecule has 0 spiro atoms. The molecule has 0 aliphatic heterocycles. The Morgan fingerprint density at radius 2 is 2.38 bits per heavy atom. The van der Waals surface area contributed by atoms with Crippen LogP contribution >= 0.6 is 0 Å². The number of hydrogen-bond donors (Lipinski definition) is 1. The van der Waals surface area contributed by atoms with Gasteiger partial charge in [0.2, 0.25) is 0 Å². The number of aryl methyl sites for hydroxylation is 1. The van der Waals surface area contributed by atoms with Gasteiger partial charge < -0.3 is 5.32 Å². The third-order valence-electron chi connectivity index (χ3n) is 2.70. The number of nitrogens with zero attached hydrogens (tertiary/aromatic N) is 1. The molecule has 1 atom stereocenters. The lowest BCUT2D eigenvalue weighted by Crippen LogP contribution is -2.12. The van der Waals surface area contributed by atoms with Gasteiger partial charge in [0.05, 0.1) is 11.6 Å². The molecular formula is C11H12N2. The minimum Gasteiger partial charge on any atom is -0.313 e. The summed E-state index contributed by atoms with van der Waals surface area (Å²) in [6.45, 7) is 0. The van der Waals surface area contributed by atoms with E-state index in [0.29, 0.717) is 6.04 Å². The van der Waals surface area contributed by atoms with Crippen LogP contribution in [0.4, 0.5) is 0 Å². The van der Waals surface area contributed by atoms with Gasteiger partial charge >= 0.3 is 0 Å². The lowest BCUT2D eigenvalue weighted by molar-refractivity contribution is 0.590. The van der Waals surface area contributed by atoms with Gasteiger partial charge in [0.25, 0.3) is 0 Å². The monoisotopic (exact) mass is 172 g/mol. The second-order valence-electron chi connectivity index (χ2n) is 3.41. The Kier molecular flexibility index (Phi) is 2.03. The Morgan fingerprint density at radius 1 is 1.54 bits per heavy atom. The molecule has 0 saturated heterocycles. The van der Waals surface area contributed by atoms with E-state index in [1.165, 1.54) is 11.1 Å². The van der Waals surface area contributed by atoms with Crippen LogP contribution in [0.2, 0.25) is 0 Å².